The van der Waals surface area contributed by atoms with Crippen molar-refractivity contribution >= 4 is 0 Å². The van der Waals surface area contributed by atoms with Gasteiger partial charge >= 0.3 is 0 Å². The molecule has 2 heteroatoms. The zero-order chi connectivity index (χ0) is 9.19. The van der Waals surface area contributed by atoms with E-state index < -0.39 is 5.79 Å². The van der Waals surface area contributed by atoms with Gasteiger partial charge in [-0.3, -0.25) is 0 Å². The quantitative estimate of drug-likeness (QED) is 0.643. The Morgan fingerprint density at radius 1 is 1.58 bits per heavy atom. The van der Waals surface area contributed by atoms with Crippen LogP contribution in [0.2, 0.25) is 0 Å². The molecule has 1 aliphatic heterocycles. The van der Waals surface area contributed by atoms with E-state index in [1.54, 1.807) is 0 Å². The SMILES string of the molecule is [C]=C(C)CC[C@H]1COC(C)(C)O1. The maximum absolute atomic E-state index is 7.26. The summed E-state index contributed by atoms with van der Waals surface area (Å²) in [7, 11) is 0. The van der Waals surface area contributed by atoms with Gasteiger partial charge in [-0.15, -0.1) is 0 Å². The summed E-state index contributed by atoms with van der Waals surface area (Å²) < 4.78 is 11.0. The molecule has 0 N–H and O–H groups in total. The molecule has 1 atom stereocenters. The molecule has 2 nitrogen and oxygen atoms in total. The molecular formula is C10H16O2. The Labute approximate surface area is 74.6 Å². The molecule has 1 aliphatic rings. The average Bonchev–Trinajstić information content (AvgIpc) is 2.26. The summed E-state index contributed by atoms with van der Waals surface area (Å²) in [6.07, 6.45) is 1.89. The Morgan fingerprint density at radius 2 is 2.25 bits per heavy atom. The first kappa shape index (κ1) is 9.75. The molecule has 0 spiro atoms. The fourth-order valence-corrected chi connectivity index (χ4v) is 1.28. The molecule has 0 aliphatic carbocycles. The highest BCUT2D eigenvalue weighted by molar-refractivity contribution is 4.86. The van der Waals surface area contributed by atoms with Gasteiger partial charge in [0.25, 0.3) is 0 Å². The van der Waals surface area contributed by atoms with Crippen LogP contribution in [0.15, 0.2) is 5.57 Å². The highest BCUT2D eigenvalue weighted by Crippen LogP contribution is 2.25. The largest absolute Gasteiger partial charge is 0.348 e. The molecule has 2 radical (unpaired) electrons. The van der Waals surface area contributed by atoms with Gasteiger partial charge in [-0.2, -0.15) is 0 Å². The maximum atomic E-state index is 7.26. The molecule has 0 aromatic rings. The van der Waals surface area contributed by atoms with E-state index in [1.807, 2.05) is 20.8 Å². The Morgan fingerprint density at radius 3 is 2.67 bits per heavy atom. The minimum atomic E-state index is -0.416. The standard InChI is InChI=1S/C10H16O2/c1-8(2)5-6-9-7-11-10(3,4)12-9/h9H,5-7H2,1,3-4H3/t9-/m0/s1. The van der Waals surface area contributed by atoms with Gasteiger partial charge < -0.3 is 9.47 Å². The normalized spacial score (nSPS) is 27.4. The smallest absolute Gasteiger partial charge is 0.163 e. The van der Waals surface area contributed by atoms with Crippen LogP contribution in [0.5, 0.6) is 0 Å². The van der Waals surface area contributed by atoms with Crippen molar-refractivity contribution < 1.29 is 9.47 Å². The van der Waals surface area contributed by atoms with Gasteiger partial charge in [-0.05, 0) is 40.2 Å². The van der Waals surface area contributed by atoms with Crippen molar-refractivity contribution in [3.8, 4) is 0 Å². The van der Waals surface area contributed by atoms with Crippen LogP contribution in [0.3, 0.4) is 0 Å². The zero-order valence-corrected chi connectivity index (χ0v) is 8.02. The minimum Gasteiger partial charge on any atom is -0.348 e. The van der Waals surface area contributed by atoms with E-state index in [4.69, 9.17) is 16.1 Å². The second-order valence-electron chi connectivity index (χ2n) is 3.77. The van der Waals surface area contributed by atoms with Gasteiger partial charge in [0, 0.05) is 0 Å². The Kier molecular flexibility index (Phi) is 2.91. The Balaban J connectivity index is 2.24. The highest BCUT2D eigenvalue weighted by Gasteiger charge is 2.31. The first-order valence-corrected chi connectivity index (χ1v) is 4.35. The zero-order valence-electron chi connectivity index (χ0n) is 8.02. The second-order valence-corrected chi connectivity index (χ2v) is 3.77. The number of hydrogen-bond acceptors (Lipinski definition) is 2. The van der Waals surface area contributed by atoms with Gasteiger partial charge in [0.2, 0.25) is 0 Å². The minimum absolute atomic E-state index is 0.181. The first-order chi connectivity index (χ1) is 5.49. The Bertz CT molecular complexity index is 173. The third-order valence-corrected chi connectivity index (χ3v) is 1.91. The summed E-state index contributed by atoms with van der Waals surface area (Å²) in [5, 5.41) is 0. The van der Waals surface area contributed by atoms with Crippen LogP contribution in [0.4, 0.5) is 0 Å². The lowest BCUT2D eigenvalue weighted by Gasteiger charge is -2.16. The summed E-state index contributed by atoms with van der Waals surface area (Å²) in [4.78, 5) is 0. The molecule has 1 fully saturated rings. The van der Waals surface area contributed by atoms with E-state index in [-0.39, 0.29) is 6.10 Å². The van der Waals surface area contributed by atoms with Crippen molar-refractivity contribution in [3.05, 3.63) is 12.2 Å². The van der Waals surface area contributed by atoms with Crippen LogP contribution in [-0.4, -0.2) is 18.5 Å². The van der Waals surface area contributed by atoms with E-state index in [2.05, 4.69) is 0 Å². The number of allylic oxidation sites excluding steroid dienone is 1. The van der Waals surface area contributed by atoms with Crippen LogP contribution in [0.1, 0.15) is 33.6 Å². The van der Waals surface area contributed by atoms with Crippen LogP contribution < -0.4 is 0 Å². The van der Waals surface area contributed by atoms with Gasteiger partial charge in [0.05, 0.1) is 12.7 Å². The molecule has 1 heterocycles. The molecule has 0 amide bonds. The van der Waals surface area contributed by atoms with Crippen molar-refractivity contribution in [3.63, 3.8) is 0 Å². The molecule has 0 unspecified atom stereocenters. The van der Waals surface area contributed by atoms with Crippen molar-refractivity contribution in [2.45, 2.75) is 45.5 Å². The highest BCUT2D eigenvalue weighted by atomic mass is 16.7. The molecule has 1 saturated heterocycles. The molecule has 12 heavy (non-hydrogen) atoms. The predicted octanol–water partition coefficient (Wildman–Crippen LogP) is 2.17. The van der Waals surface area contributed by atoms with Crippen LogP contribution in [0.25, 0.3) is 0 Å². The average molecular weight is 168 g/mol. The third-order valence-electron chi connectivity index (χ3n) is 1.91. The van der Waals surface area contributed by atoms with Crippen molar-refractivity contribution in [2.75, 3.05) is 6.61 Å². The molecule has 1 rings (SSSR count). The lowest BCUT2D eigenvalue weighted by molar-refractivity contribution is -0.138. The molecule has 0 saturated carbocycles. The molecule has 0 aromatic heterocycles. The second kappa shape index (κ2) is 3.58. The third kappa shape index (κ3) is 2.95. The monoisotopic (exact) mass is 168 g/mol. The summed E-state index contributed by atoms with van der Waals surface area (Å²) in [5.41, 5.74) is 0.711. The topological polar surface area (TPSA) is 18.5 Å². The lowest BCUT2D eigenvalue weighted by Crippen LogP contribution is -2.21. The van der Waals surface area contributed by atoms with Gasteiger partial charge in [0.15, 0.2) is 5.79 Å². The van der Waals surface area contributed by atoms with Crippen LogP contribution in [0, 0.1) is 6.58 Å². The molecule has 68 valence electrons. The molecule has 0 aromatic carbocycles. The van der Waals surface area contributed by atoms with E-state index in [1.165, 1.54) is 0 Å². The predicted molar refractivity (Wildman–Crippen MR) is 46.6 cm³/mol. The number of hydrogen-bond donors (Lipinski definition) is 0. The van der Waals surface area contributed by atoms with Crippen molar-refractivity contribution in [1.82, 2.24) is 0 Å². The van der Waals surface area contributed by atoms with Gasteiger partial charge in [-0.1, -0.05) is 5.57 Å². The number of ether oxygens (including phenoxy) is 2. The first-order valence-electron chi connectivity index (χ1n) is 4.35. The number of rotatable bonds is 3. The van der Waals surface area contributed by atoms with E-state index >= 15 is 0 Å². The fraction of sp³-hybridized carbons (Fsp3) is 0.800. The van der Waals surface area contributed by atoms with Crippen molar-refractivity contribution in [2.24, 2.45) is 0 Å². The van der Waals surface area contributed by atoms with E-state index in [0.717, 1.165) is 12.8 Å². The molecular weight excluding hydrogens is 152 g/mol. The van der Waals surface area contributed by atoms with Crippen LogP contribution in [-0.2, 0) is 9.47 Å². The molecule has 0 bridgehead atoms. The summed E-state index contributed by atoms with van der Waals surface area (Å²) in [6, 6.07) is 0. The van der Waals surface area contributed by atoms with Crippen molar-refractivity contribution in [1.29, 1.82) is 0 Å². The Hall–Kier alpha value is -0.340. The maximum Gasteiger partial charge on any atom is 0.163 e. The van der Waals surface area contributed by atoms with Crippen LogP contribution >= 0.6 is 0 Å². The fourth-order valence-electron chi connectivity index (χ4n) is 1.28. The lowest BCUT2D eigenvalue weighted by atomic mass is 10.1. The van der Waals surface area contributed by atoms with Gasteiger partial charge in [-0.25, -0.2) is 0 Å². The summed E-state index contributed by atoms with van der Waals surface area (Å²) in [6.45, 7) is 13.6. The summed E-state index contributed by atoms with van der Waals surface area (Å²) >= 11 is 0. The van der Waals surface area contributed by atoms with E-state index in [9.17, 15) is 0 Å². The van der Waals surface area contributed by atoms with Gasteiger partial charge in [0.1, 0.15) is 0 Å². The van der Waals surface area contributed by atoms with E-state index in [0.29, 0.717) is 12.2 Å². The summed E-state index contributed by atoms with van der Waals surface area (Å²) in [5.74, 6) is -0.416.